The van der Waals surface area contributed by atoms with E-state index in [-0.39, 0.29) is 35.9 Å². The zero-order valence-corrected chi connectivity index (χ0v) is 15.1. The lowest BCUT2D eigenvalue weighted by Crippen LogP contribution is -2.18. The number of pyridine rings is 1. The van der Waals surface area contributed by atoms with E-state index in [4.69, 9.17) is 21.1 Å². The summed E-state index contributed by atoms with van der Waals surface area (Å²) in [5, 5.41) is 12.2. The monoisotopic (exact) mass is 378 g/mol. The number of aliphatic hydroxyl groups is 1. The highest BCUT2D eigenvalue weighted by Crippen LogP contribution is 2.31. The van der Waals surface area contributed by atoms with Gasteiger partial charge in [0.15, 0.2) is 0 Å². The molecule has 0 fully saturated rings. The summed E-state index contributed by atoms with van der Waals surface area (Å²) in [6.07, 6.45) is 0.468. The smallest absolute Gasteiger partial charge is 0.341 e. The molecule has 1 aromatic carbocycles. The SMILES string of the molecule is CCOC(=O)c1ccccc1Oc1ncc(Cl)cc1NC(=O)CC(C)O. The van der Waals surface area contributed by atoms with Crippen LogP contribution in [0.5, 0.6) is 11.6 Å². The van der Waals surface area contributed by atoms with Crippen LogP contribution in [0.3, 0.4) is 0 Å². The molecule has 0 saturated carbocycles. The van der Waals surface area contributed by atoms with E-state index in [1.807, 2.05) is 0 Å². The normalized spacial score (nSPS) is 11.5. The fourth-order valence-corrected chi connectivity index (χ4v) is 2.26. The van der Waals surface area contributed by atoms with Gasteiger partial charge in [0.25, 0.3) is 0 Å². The zero-order valence-electron chi connectivity index (χ0n) is 14.4. The van der Waals surface area contributed by atoms with Crippen LogP contribution in [0.25, 0.3) is 0 Å². The van der Waals surface area contributed by atoms with Gasteiger partial charge in [0, 0.05) is 6.20 Å². The molecule has 26 heavy (non-hydrogen) atoms. The number of hydrogen-bond acceptors (Lipinski definition) is 6. The van der Waals surface area contributed by atoms with Gasteiger partial charge in [0.05, 0.1) is 24.2 Å². The van der Waals surface area contributed by atoms with Crippen LogP contribution in [0.2, 0.25) is 5.02 Å². The highest BCUT2D eigenvalue weighted by molar-refractivity contribution is 6.30. The van der Waals surface area contributed by atoms with E-state index in [1.54, 1.807) is 31.2 Å². The summed E-state index contributed by atoms with van der Waals surface area (Å²) in [6, 6.07) is 8.00. The number of carbonyl (C=O) groups is 2. The molecule has 1 atom stereocenters. The molecule has 0 radical (unpaired) electrons. The molecule has 0 spiro atoms. The summed E-state index contributed by atoms with van der Waals surface area (Å²) < 4.78 is 10.7. The highest BCUT2D eigenvalue weighted by atomic mass is 35.5. The zero-order chi connectivity index (χ0) is 19.1. The number of para-hydroxylation sites is 1. The molecular weight excluding hydrogens is 360 g/mol. The van der Waals surface area contributed by atoms with Gasteiger partial charge in [-0.1, -0.05) is 23.7 Å². The number of nitrogens with zero attached hydrogens (tertiary/aromatic N) is 1. The summed E-state index contributed by atoms with van der Waals surface area (Å²) in [4.78, 5) is 28.0. The van der Waals surface area contributed by atoms with Crippen LogP contribution in [-0.2, 0) is 9.53 Å². The number of aliphatic hydroxyl groups excluding tert-OH is 1. The van der Waals surface area contributed by atoms with Crippen molar-refractivity contribution < 1.29 is 24.2 Å². The summed E-state index contributed by atoms with van der Waals surface area (Å²) in [5.41, 5.74) is 0.453. The van der Waals surface area contributed by atoms with E-state index >= 15 is 0 Å². The van der Waals surface area contributed by atoms with Gasteiger partial charge in [-0.05, 0) is 32.0 Å². The first-order valence-electron chi connectivity index (χ1n) is 7.98. The van der Waals surface area contributed by atoms with Gasteiger partial charge in [0.2, 0.25) is 11.8 Å². The van der Waals surface area contributed by atoms with Crippen molar-refractivity contribution >= 4 is 29.2 Å². The topological polar surface area (TPSA) is 97.8 Å². The number of halogens is 1. The molecule has 7 nitrogen and oxygen atoms in total. The molecule has 138 valence electrons. The third kappa shape index (κ3) is 5.44. The van der Waals surface area contributed by atoms with Crippen LogP contribution in [0.1, 0.15) is 30.6 Å². The summed E-state index contributed by atoms with van der Waals surface area (Å²) in [7, 11) is 0. The van der Waals surface area contributed by atoms with Gasteiger partial charge >= 0.3 is 5.97 Å². The standard InChI is InChI=1S/C18H19ClN2O5/c1-3-25-18(24)13-6-4-5-7-15(13)26-17-14(9-12(19)10-20-17)21-16(23)8-11(2)22/h4-7,9-11,22H,3,8H2,1-2H3,(H,21,23). The van der Waals surface area contributed by atoms with E-state index in [0.29, 0.717) is 5.02 Å². The molecule has 2 N–H and O–H groups in total. The lowest BCUT2D eigenvalue weighted by atomic mass is 10.2. The number of nitrogens with one attached hydrogen (secondary N) is 1. The predicted molar refractivity (Wildman–Crippen MR) is 96.6 cm³/mol. The minimum Gasteiger partial charge on any atom is -0.462 e. The van der Waals surface area contributed by atoms with Crippen molar-refractivity contribution in [3.8, 4) is 11.6 Å². The molecule has 0 aliphatic rings. The molecule has 0 saturated heterocycles. The van der Waals surface area contributed by atoms with Crippen molar-refractivity contribution in [2.75, 3.05) is 11.9 Å². The Morgan fingerprint density at radius 1 is 1.35 bits per heavy atom. The second-order valence-corrected chi connectivity index (χ2v) is 5.86. The summed E-state index contributed by atoms with van der Waals surface area (Å²) in [6.45, 7) is 3.44. The Kier molecular flexibility index (Phi) is 6.94. The Balaban J connectivity index is 2.30. The molecular formula is C18H19ClN2O5. The minimum absolute atomic E-state index is 0.0603. The largest absolute Gasteiger partial charge is 0.462 e. The van der Waals surface area contributed by atoms with E-state index in [1.165, 1.54) is 19.2 Å². The van der Waals surface area contributed by atoms with Crippen molar-refractivity contribution in [2.45, 2.75) is 26.4 Å². The van der Waals surface area contributed by atoms with Gasteiger partial charge in [-0.3, -0.25) is 4.79 Å². The molecule has 1 heterocycles. The average molecular weight is 379 g/mol. The highest BCUT2D eigenvalue weighted by Gasteiger charge is 2.17. The first-order chi connectivity index (χ1) is 12.4. The van der Waals surface area contributed by atoms with Crippen LogP contribution < -0.4 is 10.1 Å². The number of esters is 1. The van der Waals surface area contributed by atoms with Crippen molar-refractivity contribution in [3.63, 3.8) is 0 Å². The Bertz CT molecular complexity index is 795. The Morgan fingerprint density at radius 2 is 2.08 bits per heavy atom. The van der Waals surface area contributed by atoms with Crippen molar-refractivity contribution in [3.05, 3.63) is 47.1 Å². The number of benzene rings is 1. The number of ether oxygens (including phenoxy) is 2. The van der Waals surface area contributed by atoms with E-state index < -0.39 is 18.0 Å². The number of anilines is 1. The maximum absolute atomic E-state index is 12.1. The van der Waals surface area contributed by atoms with Gasteiger partial charge in [0.1, 0.15) is 17.0 Å². The molecule has 8 heteroatoms. The quantitative estimate of drug-likeness (QED) is 0.716. The van der Waals surface area contributed by atoms with Crippen LogP contribution in [0.4, 0.5) is 5.69 Å². The fourth-order valence-electron chi connectivity index (χ4n) is 2.10. The van der Waals surface area contributed by atoms with Gasteiger partial charge in [-0.25, -0.2) is 9.78 Å². The molecule has 0 bridgehead atoms. The van der Waals surface area contributed by atoms with E-state index in [2.05, 4.69) is 10.3 Å². The molecule has 2 aromatic rings. The van der Waals surface area contributed by atoms with Gasteiger partial charge in [-0.2, -0.15) is 0 Å². The Hall–Kier alpha value is -2.64. The van der Waals surface area contributed by atoms with Crippen LogP contribution in [0, 0.1) is 0 Å². The number of amides is 1. The molecule has 1 unspecified atom stereocenters. The molecule has 1 amide bonds. The lowest BCUT2D eigenvalue weighted by molar-refractivity contribution is -0.117. The van der Waals surface area contributed by atoms with Crippen LogP contribution >= 0.6 is 11.6 Å². The van der Waals surface area contributed by atoms with Crippen LogP contribution in [0.15, 0.2) is 36.5 Å². The third-order valence-electron chi connectivity index (χ3n) is 3.16. The molecule has 0 aliphatic heterocycles. The Morgan fingerprint density at radius 3 is 2.77 bits per heavy atom. The lowest BCUT2D eigenvalue weighted by Gasteiger charge is -2.14. The summed E-state index contributed by atoms with van der Waals surface area (Å²) in [5.74, 6) is -0.666. The fraction of sp³-hybridized carbons (Fsp3) is 0.278. The van der Waals surface area contributed by atoms with E-state index in [9.17, 15) is 14.7 Å². The predicted octanol–water partition coefficient (Wildman–Crippen LogP) is 3.41. The number of rotatable bonds is 7. The number of hydrogen-bond donors (Lipinski definition) is 2. The summed E-state index contributed by atoms with van der Waals surface area (Å²) >= 11 is 5.94. The second kappa shape index (κ2) is 9.17. The minimum atomic E-state index is -0.795. The molecule has 0 aliphatic carbocycles. The van der Waals surface area contributed by atoms with Crippen molar-refractivity contribution in [1.82, 2.24) is 4.98 Å². The van der Waals surface area contributed by atoms with Crippen LogP contribution in [-0.4, -0.2) is 34.7 Å². The second-order valence-electron chi connectivity index (χ2n) is 5.43. The molecule has 1 aromatic heterocycles. The average Bonchev–Trinajstić information content (AvgIpc) is 2.57. The number of carbonyl (C=O) groups excluding carboxylic acids is 2. The van der Waals surface area contributed by atoms with E-state index in [0.717, 1.165) is 0 Å². The van der Waals surface area contributed by atoms with Crippen molar-refractivity contribution in [2.24, 2.45) is 0 Å². The van der Waals surface area contributed by atoms with Gasteiger partial charge in [-0.15, -0.1) is 0 Å². The maximum Gasteiger partial charge on any atom is 0.341 e. The van der Waals surface area contributed by atoms with Crippen molar-refractivity contribution in [1.29, 1.82) is 0 Å². The molecule has 2 rings (SSSR count). The first kappa shape index (κ1) is 19.7. The number of aromatic nitrogens is 1. The first-order valence-corrected chi connectivity index (χ1v) is 8.36. The van der Waals surface area contributed by atoms with Gasteiger partial charge < -0.3 is 19.9 Å². The third-order valence-corrected chi connectivity index (χ3v) is 3.37. The Labute approximate surface area is 155 Å². The maximum atomic E-state index is 12.1.